The standard InChI is InChI=1S/C12H9F3N6O/c1-6-3-16-9(17-4-6)10-18-11(22-20-10)7-5-21(2)19-8(7)12(13,14)15/h3-5H,1-2H3. The van der Waals surface area contributed by atoms with Gasteiger partial charge in [-0.3, -0.25) is 4.68 Å². The van der Waals surface area contributed by atoms with Gasteiger partial charge in [0.15, 0.2) is 5.69 Å². The Balaban J connectivity index is 2.03. The summed E-state index contributed by atoms with van der Waals surface area (Å²) >= 11 is 0. The van der Waals surface area contributed by atoms with Crippen LogP contribution < -0.4 is 0 Å². The highest BCUT2D eigenvalue weighted by Crippen LogP contribution is 2.35. The van der Waals surface area contributed by atoms with Crippen molar-refractivity contribution in [2.75, 3.05) is 0 Å². The van der Waals surface area contributed by atoms with Gasteiger partial charge in [-0.25, -0.2) is 9.97 Å². The molecule has 0 amide bonds. The van der Waals surface area contributed by atoms with Gasteiger partial charge in [-0.15, -0.1) is 0 Å². The van der Waals surface area contributed by atoms with Crippen molar-refractivity contribution in [3.63, 3.8) is 0 Å². The van der Waals surface area contributed by atoms with Gasteiger partial charge in [0.2, 0.25) is 11.6 Å². The van der Waals surface area contributed by atoms with E-state index in [1.165, 1.54) is 7.05 Å². The van der Waals surface area contributed by atoms with Crippen LogP contribution in [0.3, 0.4) is 0 Å². The van der Waals surface area contributed by atoms with E-state index >= 15 is 0 Å². The monoisotopic (exact) mass is 310 g/mol. The Hall–Kier alpha value is -2.78. The van der Waals surface area contributed by atoms with Crippen molar-refractivity contribution in [3.05, 3.63) is 29.8 Å². The van der Waals surface area contributed by atoms with E-state index in [-0.39, 0.29) is 23.1 Å². The van der Waals surface area contributed by atoms with E-state index in [0.29, 0.717) is 0 Å². The van der Waals surface area contributed by atoms with Gasteiger partial charge in [0, 0.05) is 25.6 Å². The summed E-state index contributed by atoms with van der Waals surface area (Å²) in [4.78, 5) is 11.9. The number of nitrogens with zero attached hydrogens (tertiary/aromatic N) is 6. The third-order valence-corrected chi connectivity index (χ3v) is 2.73. The SMILES string of the molecule is Cc1cnc(-c2noc(-c3cn(C)nc3C(F)(F)F)n2)nc1. The maximum absolute atomic E-state index is 12.9. The van der Waals surface area contributed by atoms with Crippen LogP contribution in [0.15, 0.2) is 23.1 Å². The molecule has 0 spiro atoms. The molecule has 0 aliphatic rings. The molecule has 0 bridgehead atoms. The second-order valence-electron chi connectivity index (χ2n) is 4.57. The largest absolute Gasteiger partial charge is 0.435 e. The van der Waals surface area contributed by atoms with Crippen LogP contribution in [0.1, 0.15) is 11.3 Å². The second kappa shape index (κ2) is 4.90. The van der Waals surface area contributed by atoms with Gasteiger partial charge in [0.25, 0.3) is 5.89 Å². The second-order valence-corrected chi connectivity index (χ2v) is 4.57. The summed E-state index contributed by atoms with van der Waals surface area (Å²) in [5, 5.41) is 6.99. The smallest absolute Gasteiger partial charge is 0.333 e. The first kappa shape index (κ1) is 14.2. The molecule has 3 rings (SSSR count). The van der Waals surface area contributed by atoms with Crippen LogP contribution in [0.25, 0.3) is 23.1 Å². The van der Waals surface area contributed by atoms with Crippen LogP contribution in [-0.2, 0) is 13.2 Å². The molecule has 3 aromatic heterocycles. The van der Waals surface area contributed by atoms with E-state index in [0.717, 1.165) is 16.4 Å². The third-order valence-electron chi connectivity index (χ3n) is 2.73. The molecule has 0 unspecified atom stereocenters. The molecule has 0 aromatic carbocycles. The Bertz CT molecular complexity index is 805. The Morgan fingerprint density at radius 3 is 2.45 bits per heavy atom. The molecular formula is C12H9F3N6O. The lowest BCUT2D eigenvalue weighted by molar-refractivity contribution is -0.141. The highest BCUT2D eigenvalue weighted by atomic mass is 19.4. The number of aromatic nitrogens is 6. The van der Waals surface area contributed by atoms with E-state index in [1.54, 1.807) is 19.3 Å². The van der Waals surface area contributed by atoms with Gasteiger partial charge in [-0.2, -0.15) is 23.3 Å². The van der Waals surface area contributed by atoms with Crippen molar-refractivity contribution in [2.24, 2.45) is 7.05 Å². The zero-order valence-corrected chi connectivity index (χ0v) is 11.5. The maximum Gasteiger partial charge on any atom is 0.435 e. The molecule has 0 fully saturated rings. The summed E-state index contributed by atoms with van der Waals surface area (Å²) in [5.74, 6) is -0.121. The zero-order valence-electron chi connectivity index (χ0n) is 11.5. The number of rotatable bonds is 2. The molecule has 7 nitrogen and oxygen atoms in total. The van der Waals surface area contributed by atoms with E-state index in [4.69, 9.17) is 4.52 Å². The lowest BCUT2D eigenvalue weighted by Crippen LogP contribution is -2.08. The summed E-state index contributed by atoms with van der Waals surface area (Å²) in [7, 11) is 1.37. The first-order valence-corrected chi connectivity index (χ1v) is 6.08. The molecule has 22 heavy (non-hydrogen) atoms. The Morgan fingerprint density at radius 1 is 1.14 bits per heavy atom. The van der Waals surface area contributed by atoms with E-state index in [2.05, 4.69) is 25.2 Å². The van der Waals surface area contributed by atoms with Gasteiger partial charge in [0.1, 0.15) is 0 Å². The molecule has 0 saturated heterocycles. The number of hydrogen-bond acceptors (Lipinski definition) is 6. The fourth-order valence-corrected chi connectivity index (χ4v) is 1.79. The van der Waals surface area contributed by atoms with Gasteiger partial charge in [-0.05, 0) is 12.5 Å². The van der Waals surface area contributed by atoms with Crippen LogP contribution >= 0.6 is 0 Å². The highest BCUT2D eigenvalue weighted by Gasteiger charge is 2.39. The predicted molar refractivity (Wildman–Crippen MR) is 67.3 cm³/mol. The fourth-order valence-electron chi connectivity index (χ4n) is 1.79. The minimum atomic E-state index is -4.62. The number of aryl methyl sites for hydroxylation is 2. The topological polar surface area (TPSA) is 82.5 Å². The van der Waals surface area contributed by atoms with Gasteiger partial charge >= 0.3 is 6.18 Å². The molecule has 10 heteroatoms. The van der Waals surface area contributed by atoms with Crippen LogP contribution in [0.4, 0.5) is 13.2 Å². The van der Waals surface area contributed by atoms with E-state index < -0.39 is 11.9 Å². The first-order valence-electron chi connectivity index (χ1n) is 6.08. The molecule has 114 valence electrons. The van der Waals surface area contributed by atoms with Crippen LogP contribution in [0, 0.1) is 6.92 Å². The molecular weight excluding hydrogens is 301 g/mol. The van der Waals surface area contributed by atoms with Crippen molar-refractivity contribution >= 4 is 0 Å². The van der Waals surface area contributed by atoms with E-state index in [1.807, 2.05) is 0 Å². The number of alkyl halides is 3. The Kier molecular flexibility index (Phi) is 3.15. The summed E-state index contributed by atoms with van der Waals surface area (Å²) < 4.78 is 44.7. The minimum absolute atomic E-state index is 0.00646. The summed E-state index contributed by atoms with van der Waals surface area (Å²) in [5.41, 5.74) is -0.546. The van der Waals surface area contributed by atoms with E-state index in [9.17, 15) is 13.2 Å². The quantitative estimate of drug-likeness (QED) is 0.722. The summed E-state index contributed by atoms with van der Waals surface area (Å²) in [6.45, 7) is 1.80. The minimum Gasteiger partial charge on any atom is -0.333 e. The van der Waals surface area contributed by atoms with Gasteiger partial charge < -0.3 is 4.52 Å². The highest BCUT2D eigenvalue weighted by molar-refractivity contribution is 5.58. The molecule has 0 atom stereocenters. The van der Waals surface area contributed by atoms with Gasteiger partial charge in [0.05, 0.1) is 5.56 Å². The van der Waals surface area contributed by atoms with Crippen molar-refractivity contribution in [3.8, 4) is 23.1 Å². The first-order chi connectivity index (χ1) is 10.3. The average Bonchev–Trinajstić information content (AvgIpc) is 3.05. The number of halogens is 3. The molecule has 3 aromatic rings. The van der Waals surface area contributed by atoms with Crippen molar-refractivity contribution in [1.82, 2.24) is 29.9 Å². The zero-order chi connectivity index (χ0) is 15.9. The third kappa shape index (κ3) is 2.54. The molecule has 3 heterocycles. The molecule has 0 aliphatic carbocycles. The van der Waals surface area contributed by atoms with Crippen molar-refractivity contribution in [1.29, 1.82) is 0 Å². The molecule has 0 N–H and O–H groups in total. The normalized spacial score (nSPS) is 11.9. The molecule has 0 aliphatic heterocycles. The van der Waals surface area contributed by atoms with Crippen LogP contribution in [-0.4, -0.2) is 29.9 Å². The van der Waals surface area contributed by atoms with Crippen molar-refractivity contribution in [2.45, 2.75) is 13.1 Å². The lowest BCUT2D eigenvalue weighted by Gasteiger charge is -2.02. The van der Waals surface area contributed by atoms with Gasteiger partial charge in [-0.1, -0.05) is 5.16 Å². The average molecular weight is 310 g/mol. The summed E-state index contributed by atoms with van der Waals surface area (Å²) in [6, 6.07) is 0. The van der Waals surface area contributed by atoms with Crippen molar-refractivity contribution < 1.29 is 17.7 Å². The molecule has 0 radical (unpaired) electrons. The maximum atomic E-state index is 12.9. The summed E-state index contributed by atoms with van der Waals surface area (Å²) in [6.07, 6.45) is -0.366. The number of hydrogen-bond donors (Lipinski definition) is 0. The predicted octanol–water partition coefficient (Wildman–Crippen LogP) is 2.25. The molecule has 0 saturated carbocycles. The van der Waals surface area contributed by atoms with Crippen LogP contribution in [0.5, 0.6) is 0 Å². The Morgan fingerprint density at radius 2 is 1.82 bits per heavy atom. The fraction of sp³-hybridized carbons (Fsp3) is 0.250. The Labute approximate surface area is 121 Å². The lowest BCUT2D eigenvalue weighted by atomic mass is 10.2. The van der Waals surface area contributed by atoms with Crippen LogP contribution in [0.2, 0.25) is 0 Å².